The fourth-order valence-corrected chi connectivity index (χ4v) is 3.37. The molecule has 1 fully saturated rings. The first-order valence-corrected chi connectivity index (χ1v) is 9.21. The number of carbonyl (C=O) groups excluding carboxylic acids is 1. The third kappa shape index (κ3) is 6.77. The molecule has 1 heterocycles. The van der Waals surface area contributed by atoms with Gasteiger partial charge < -0.3 is 14.7 Å². The number of rotatable bonds is 9. The number of carboxylic acid groups (broad SMARTS) is 1. The van der Waals surface area contributed by atoms with Crippen LogP contribution >= 0.6 is 0 Å². The molecular formula is C20H29NO4. The normalized spacial score (nSPS) is 15.2. The van der Waals surface area contributed by atoms with Crippen molar-refractivity contribution in [1.82, 2.24) is 4.90 Å². The number of aliphatic carboxylic acids is 1. The van der Waals surface area contributed by atoms with Gasteiger partial charge in [-0.2, -0.15) is 0 Å². The summed E-state index contributed by atoms with van der Waals surface area (Å²) in [6.45, 7) is 1.42. The molecule has 0 spiro atoms. The Hall–Kier alpha value is -2.04. The summed E-state index contributed by atoms with van der Waals surface area (Å²) < 4.78 is 5.15. The van der Waals surface area contributed by atoms with Gasteiger partial charge >= 0.3 is 5.97 Å². The highest BCUT2D eigenvalue weighted by Gasteiger charge is 2.23. The Morgan fingerprint density at radius 1 is 1.12 bits per heavy atom. The zero-order valence-corrected chi connectivity index (χ0v) is 15.1. The van der Waals surface area contributed by atoms with Crippen molar-refractivity contribution >= 4 is 11.9 Å². The van der Waals surface area contributed by atoms with Crippen LogP contribution in [0.25, 0.3) is 0 Å². The number of aryl methyl sites for hydroxylation is 1. The van der Waals surface area contributed by atoms with E-state index in [-0.39, 0.29) is 18.2 Å². The Kier molecular flexibility index (Phi) is 7.76. The van der Waals surface area contributed by atoms with Crippen LogP contribution < -0.4 is 4.74 Å². The van der Waals surface area contributed by atoms with E-state index in [1.54, 1.807) is 7.11 Å². The van der Waals surface area contributed by atoms with Gasteiger partial charge in [-0.1, -0.05) is 18.6 Å². The number of methoxy groups -OCH3 is 1. The summed E-state index contributed by atoms with van der Waals surface area (Å²) in [7, 11) is 1.67. The number of piperidine rings is 1. The van der Waals surface area contributed by atoms with E-state index in [0.29, 0.717) is 19.5 Å². The van der Waals surface area contributed by atoms with Gasteiger partial charge in [-0.25, -0.2) is 0 Å². The van der Waals surface area contributed by atoms with Gasteiger partial charge in [0, 0.05) is 25.9 Å². The Balaban J connectivity index is 1.57. The zero-order valence-electron chi connectivity index (χ0n) is 15.1. The van der Waals surface area contributed by atoms with Crippen LogP contribution in [0.5, 0.6) is 5.75 Å². The van der Waals surface area contributed by atoms with Crippen LogP contribution in [0.3, 0.4) is 0 Å². The van der Waals surface area contributed by atoms with Crippen LogP contribution in [0.4, 0.5) is 0 Å². The number of hydrogen-bond donors (Lipinski definition) is 1. The van der Waals surface area contributed by atoms with Gasteiger partial charge in [0.1, 0.15) is 5.75 Å². The predicted octanol–water partition coefficient (Wildman–Crippen LogP) is 3.51. The second-order valence-electron chi connectivity index (χ2n) is 6.83. The van der Waals surface area contributed by atoms with E-state index in [9.17, 15) is 9.59 Å². The van der Waals surface area contributed by atoms with E-state index in [1.165, 1.54) is 5.56 Å². The lowest BCUT2D eigenvalue weighted by molar-refractivity contribution is -0.138. The van der Waals surface area contributed by atoms with E-state index in [1.807, 2.05) is 17.0 Å². The number of carbonyl (C=O) groups is 2. The molecule has 1 aromatic rings. The fourth-order valence-electron chi connectivity index (χ4n) is 3.37. The standard InChI is InChI=1S/C20H29NO4/c1-25-18-9-7-16(8-10-18)5-3-2-4-6-19(22)21-13-11-17(12-14-21)15-20(23)24/h7-10,17H,2-6,11-15H2,1H3,(H,23,24). The van der Waals surface area contributed by atoms with Crippen LogP contribution in [-0.2, 0) is 16.0 Å². The number of hydrogen-bond acceptors (Lipinski definition) is 3. The first-order chi connectivity index (χ1) is 12.1. The van der Waals surface area contributed by atoms with Gasteiger partial charge in [0.15, 0.2) is 0 Å². The Labute approximate surface area is 150 Å². The highest BCUT2D eigenvalue weighted by atomic mass is 16.5. The highest BCUT2D eigenvalue weighted by Crippen LogP contribution is 2.21. The Morgan fingerprint density at radius 3 is 2.40 bits per heavy atom. The average Bonchev–Trinajstić information content (AvgIpc) is 2.62. The molecule has 0 aromatic heterocycles. The molecule has 2 rings (SSSR count). The molecule has 0 unspecified atom stereocenters. The zero-order chi connectivity index (χ0) is 18.1. The first-order valence-electron chi connectivity index (χ1n) is 9.21. The SMILES string of the molecule is COc1ccc(CCCCCC(=O)N2CCC(CC(=O)O)CC2)cc1. The third-order valence-corrected chi connectivity index (χ3v) is 4.95. The van der Waals surface area contributed by atoms with Crippen LogP contribution in [0, 0.1) is 5.92 Å². The van der Waals surface area contributed by atoms with E-state index in [0.717, 1.165) is 44.3 Å². The van der Waals surface area contributed by atoms with Crippen LogP contribution in [-0.4, -0.2) is 42.1 Å². The summed E-state index contributed by atoms with van der Waals surface area (Å²) in [5.41, 5.74) is 1.30. The number of nitrogens with zero attached hydrogens (tertiary/aromatic N) is 1. The molecule has 1 aliphatic heterocycles. The second-order valence-corrected chi connectivity index (χ2v) is 6.83. The molecule has 1 saturated heterocycles. The fraction of sp³-hybridized carbons (Fsp3) is 0.600. The van der Waals surface area contributed by atoms with Crippen molar-refractivity contribution in [3.63, 3.8) is 0 Å². The molecule has 138 valence electrons. The lowest BCUT2D eigenvalue weighted by Gasteiger charge is -2.31. The Morgan fingerprint density at radius 2 is 1.80 bits per heavy atom. The van der Waals surface area contributed by atoms with Gasteiger partial charge in [0.05, 0.1) is 7.11 Å². The molecule has 5 nitrogen and oxygen atoms in total. The number of carboxylic acids is 1. The molecule has 0 atom stereocenters. The topological polar surface area (TPSA) is 66.8 Å². The summed E-state index contributed by atoms with van der Waals surface area (Å²) in [6, 6.07) is 8.14. The average molecular weight is 347 g/mol. The third-order valence-electron chi connectivity index (χ3n) is 4.95. The molecular weight excluding hydrogens is 318 g/mol. The maximum absolute atomic E-state index is 12.2. The lowest BCUT2D eigenvalue weighted by Crippen LogP contribution is -2.38. The number of likely N-dealkylation sites (tertiary alicyclic amines) is 1. The van der Waals surface area contributed by atoms with Crippen molar-refractivity contribution in [2.24, 2.45) is 5.92 Å². The van der Waals surface area contributed by atoms with Crippen molar-refractivity contribution in [1.29, 1.82) is 0 Å². The van der Waals surface area contributed by atoms with E-state index in [2.05, 4.69) is 12.1 Å². The Bertz CT molecular complexity index is 547. The summed E-state index contributed by atoms with van der Waals surface area (Å²) in [4.78, 5) is 24.9. The van der Waals surface area contributed by atoms with Gasteiger partial charge in [0.25, 0.3) is 0 Å². The number of benzene rings is 1. The van der Waals surface area contributed by atoms with Crippen molar-refractivity contribution in [2.75, 3.05) is 20.2 Å². The number of amides is 1. The van der Waals surface area contributed by atoms with Crippen LogP contribution in [0.1, 0.15) is 50.5 Å². The minimum absolute atomic E-state index is 0.221. The maximum Gasteiger partial charge on any atom is 0.303 e. The van der Waals surface area contributed by atoms with Crippen LogP contribution in [0.15, 0.2) is 24.3 Å². The summed E-state index contributed by atoms with van der Waals surface area (Å²) in [5.74, 6) is 0.590. The van der Waals surface area contributed by atoms with Gasteiger partial charge in [0.2, 0.25) is 5.91 Å². The quantitative estimate of drug-likeness (QED) is 0.694. The second kappa shape index (κ2) is 10.1. The minimum Gasteiger partial charge on any atom is -0.497 e. The van der Waals surface area contributed by atoms with Gasteiger partial charge in [-0.15, -0.1) is 0 Å². The molecule has 1 N–H and O–H groups in total. The number of unbranched alkanes of at least 4 members (excludes halogenated alkanes) is 2. The number of ether oxygens (including phenoxy) is 1. The monoisotopic (exact) mass is 347 g/mol. The highest BCUT2D eigenvalue weighted by molar-refractivity contribution is 5.76. The van der Waals surface area contributed by atoms with Gasteiger partial charge in [-0.05, 0) is 55.7 Å². The molecule has 0 radical (unpaired) electrons. The molecule has 0 aliphatic carbocycles. The first kappa shape index (κ1) is 19.3. The smallest absolute Gasteiger partial charge is 0.303 e. The molecule has 25 heavy (non-hydrogen) atoms. The lowest BCUT2D eigenvalue weighted by atomic mass is 9.93. The van der Waals surface area contributed by atoms with Gasteiger partial charge in [-0.3, -0.25) is 9.59 Å². The van der Waals surface area contributed by atoms with E-state index >= 15 is 0 Å². The summed E-state index contributed by atoms with van der Waals surface area (Å²) in [5, 5.41) is 8.83. The molecule has 0 saturated carbocycles. The van der Waals surface area contributed by atoms with Crippen molar-refractivity contribution in [3.05, 3.63) is 29.8 Å². The molecule has 5 heteroatoms. The van der Waals surface area contributed by atoms with Crippen molar-refractivity contribution in [2.45, 2.75) is 51.4 Å². The largest absolute Gasteiger partial charge is 0.497 e. The molecule has 0 bridgehead atoms. The van der Waals surface area contributed by atoms with E-state index < -0.39 is 5.97 Å². The van der Waals surface area contributed by atoms with Crippen LogP contribution in [0.2, 0.25) is 0 Å². The maximum atomic E-state index is 12.2. The predicted molar refractivity (Wildman–Crippen MR) is 96.7 cm³/mol. The molecule has 1 aromatic carbocycles. The van der Waals surface area contributed by atoms with Crippen molar-refractivity contribution < 1.29 is 19.4 Å². The summed E-state index contributed by atoms with van der Waals surface area (Å²) >= 11 is 0. The molecule has 1 amide bonds. The van der Waals surface area contributed by atoms with Crippen molar-refractivity contribution in [3.8, 4) is 5.75 Å². The summed E-state index contributed by atoms with van der Waals surface area (Å²) in [6.07, 6.45) is 6.54. The van der Waals surface area contributed by atoms with E-state index in [4.69, 9.17) is 9.84 Å². The minimum atomic E-state index is -0.735. The molecule has 1 aliphatic rings.